The van der Waals surface area contributed by atoms with Gasteiger partial charge in [-0.3, -0.25) is 14.3 Å². The lowest BCUT2D eigenvalue weighted by Crippen LogP contribution is -2.46. The predicted octanol–water partition coefficient (Wildman–Crippen LogP) is 0.421. The smallest absolute Gasteiger partial charge is 0.331 e. The maximum absolute atomic E-state index is 11.9. The highest BCUT2D eigenvalue weighted by atomic mass is 32.2. The van der Waals surface area contributed by atoms with E-state index in [0.717, 1.165) is 33.5 Å². The van der Waals surface area contributed by atoms with Crippen molar-refractivity contribution >= 4 is 11.8 Å². The van der Waals surface area contributed by atoms with Crippen molar-refractivity contribution < 1.29 is 14.9 Å². The van der Waals surface area contributed by atoms with Gasteiger partial charge in [0, 0.05) is 17.2 Å². The predicted molar refractivity (Wildman–Crippen MR) is 83.8 cm³/mol. The van der Waals surface area contributed by atoms with Crippen LogP contribution in [0.25, 0.3) is 0 Å². The van der Waals surface area contributed by atoms with E-state index in [1.807, 2.05) is 35.3 Å². The zero-order valence-electron chi connectivity index (χ0n) is 11.9. The Balaban J connectivity index is 1.95. The Labute approximate surface area is 134 Å². The zero-order valence-corrected chi connectivity index (χ0v) is 12.7. The molecule has 1 aromatic carbocycles. The Morgan fingerprint density at radius 2 is 1.91 bits per heavy atom. The van der Waals surface area contributed by atoms with Crippen molar-refractivity contribution in [2.45, 2.75) is 22.2 Å². The van der Waals surface area contributed by atoms with Gasteiger partial charge < -0.3 is 14.9 Å². The first-order valence-electron chi connectivity index (χ1n) is 6.73. The molecule has 0 unspecified atom stereocenters. The summed E-state index contributed by atoms with van der Waals surface area (Å²) in [4.78, 5) is 25.8. The molecule has 0 saturated carbocycles. The number of nitrogens with one attached hydrogen (secondary N) is 1. The largest absolute Gasteiger partial charge is 0.468 e. The summed E-state index contributed by atoms with van der Waals surface area (Å²) in [6.07, 6.45) is -0.254. The van der Waals surface area contributed by atoms with Crippen LogP contribution in [0.1, 0.15) is 6.23 Å². The number of nitrogens with zero attached hydrogens (tertiary/aromatic N) is 1. The summed E-state index contributed by atoms with van der Waals surface area (Å²) < 4.78 is 6.31. The third-order valence-corrected chi connectivity index (χ3v) is 4.80. The SMILES string of the molecule is C=C1O[C@@H](n2ccc(=O)[nH]c2=O)C(O)(O)[C@@H]1Sc1ccccc1. The van der Waals surface area contributed by atoms with Crippen LogP contribution >= 0.6 is 11.8 Å². The van der Waals surface area contributed by atoms with Crippen LogP contribution in [0.15, 0.2) is 69.4 Å². The van der Waals surface area contributed by atoms with Gasteiger partial charge in [0.2, 0.25) is 12.0 Å². The third-order valence-electron chi connectivity index (χ3n) is 3.41. The van der Waals surface area contributed by atoms with Crippen molar-refractivity contribution in [1.29, 1.82) is 0 Å². The van der Waals surface area contributed by atoms with Crippen molar-refractivity contribution in [3.8, 4) is 0 Å². The van der Waals surface area contributed by atoms with E-state index >= 15 is 0 Å². The number of thioether (sulfide) groups is 1. The molecule has 0 bridgehead atoms. The molecule has 2 atom stereocenters. The molecule has 2 heterocycles. The Bertz CT molecular complexity index is 843. The molecule has 1 fully saturated rings. The van der Waals surface area contributed by atoms with Crippen molar-refractivity contribution in [3.05, 3.63) is 75.8 Å². The molecule has 120 valence electrons. The minimum atomic E-state index is -2.38. The summed E-state index contributed by atoms with van der Waals surface area (Å²) in [6.45, 7) is 3.70. The lowest BCUT2D eigenvalue weighted by Gasteiger charge is -2.26. The number of hydrogen-bond donors (Lipinski definition) is 3. The molecule has 2 aromatic rings. The molecule has 0 spiro atoms. The fourth-order valence-corrected chi connectivity index (χ4v) is 3.38. The first-order valence-corrected chi connectivity index (χ1v) is 7.61. The lowest BCUT2D eigenvalue weighted by molar-refractivity contribution is -0.214. The number of H-pyrrole nitrogens is 1. The van der Waals surface area contributed by atoms with Gasteiger partial charge in [-0.15, -0.1) is 11.8 Å². The van der Waals surface area contributed by atoms with Gasteiger partial charge in [-0.1, -0.05) is 24.8 Å². The van der Waals surface area contributed by atoms with E-state index in [-0.39, 0.29) is 5.76 Å². The molecule has 1 aromatic heterocycles. The Kier molecular flexibility index (Phi) is 3.88. The molecule has 1 saturated heterocycles. The second-order valence-electron chi connectivity index (χ2n) is 5.05. The molecule has 23 heavy (non-hydrogen) atoms. The van der Waals surface area contributed by atoms with Crippen molar-refractivity contribution in [3.63, 3.8) is 0 Å². The summed E-state index contributed by atoms with van der Waals surface area (Å²) >= 11 is 1.16. The second-order valence-corrected chi connectivity index (χ2v) is 6.23. The van der Waals surface area contributed by atoms with Crippen LogP contribution in [-0.2, 0) is 4.74 Å². The molecule has 1 aliphatic rings. The van der Waals surface area contributed by atoms with Crippen LogP contribution in [0.3, 0.4) is 0 Å². The maximum atomic E-state index is 11.9. The van der Waals surface area contributed by atoms with Gasteiger partial charge in [0.25, 0.3) is 5.56 Å². The number of aromatic nitrogens is 2. The van der Waals surface area contributed by atoms with Crippen LogP contribution in [0.2, 0.25) is 0 Å². The summed E-state index contributed by atoms with van der Waals surface area (Å²) in [5.74, 6) is -2.24. The molecular weight excluding hydrogens is 320 g/mol. The highest BCUT2D eigenvalue weighted by molar-refractivity contribution is 8.00. The number of aliphatic hydroxyl groups is 2. The van der Waals surface area contributed by atoms with Gasteiger partial charge in [-0.25, -0.2) is 4.79 Å². The Morgan fingerprint density at radius 1 is 1.22 bits per heavy atom. The summed E-state index contributed by atoms with van der Waals surface area (Å²) in [6, 6.07) is 10.2. The van der Waals surface area contributed by atoms with Gasteiger partial charge >= 0.3 is 5.69 Å². The van der Waals surface area contributed by atoms with E-state index in [1.165, 1.54) is 0 Å². The van der Waals surface area contributed by atoms with Gasteiger partial charge in [0.05, 0.1) is 0 Å². The van der Waals surface area contributed by atoms with Crippen molar-refractivity contribution in [1.82, 2.24) is 9.55 Å². The van der Waals surface area contributed by atoms with Crippen LogP contribution in [0, 0.1) is 0 Å². The summed E-state index contributed by atoms with van der Waals surface area (Å²) in [5, 5.41) is 20.1. The molecule has 3 rings (SSSR count). The van der Waals surface area contributed by atoms with Crippen molar-refractivity contribution in [2.24, 2.45) is 0 Å². The van der Waals surface area contributed by atoms with E-state index in [9.17, 15) is 19.8 Å². The summed E-state index contributed by atoms with van der Waals surface area (Å²) in [5.41, 5.74) is -1.38. The number of benzene rings is 1. The Morgan fingerprint density at radius 3 is 2.57 bits per heavy atom. The van der Waals surface area contributed by atoms with Gasteiger partial charge in [-0.05, 0) is 12.1 Å². The van der Waals surface area contributed by atoms with E-state index in [2.05, 4.69) is 6.58 Å². The molecule has 0 radical (unpaired) electrons. The third kappa shape index (κ3) is 2.83. The van der Waals surface area contributed by atoms with Gasteiger partial charge in [0.15, 0.2) is 0 Å². The second kappa shape index (κ2) is 5.73. The lowest BCUT2D eigenvalue weighted by atomic mass is 10.2. The van der Waals surface area contributed by atoms with Crippen LogP contribution in [-0.4, -0.2) is 30.8 Å². The molecule has 0 aliphatic carbocycles. The van der Waals surface area contributed by atoms with Gasteiger partial charge in [0.1, 0.15) is 11.0 Å². The number of ether oxygens (including phenoxy) is 1. The van der Waals surface area contributed by atoms with E-state index < -0.39 is 28.5 Å². The van der Waals surface area contributed by atoms with Crippen molar-refractivity contribution in [2.75, 3.05) is 0 Å². The van der Waals surface area contributed by atoms with E-state index in [1.54, 1.807) is 0 Å². The molecule has 7 nitrogen and oxygen atoms in total. The normalized spacial score (nSPS) is 22.8. The van der Waals surface area contributed by atoms with Gasteiger partial charge in [-0.2, -0.15) is 0 Å². The zero-order chi connectivity index (χ0) is 16.6. The van der Waals surface area contributed by atoms with Crippen LogP contribution in [0.5, 0.6) is 0 Å². The minimum absolute atomic E-state index is 0.131. The number of aromatic amines is 1. The van der Waals surface area contributed by atoms with E-state index in [0.29, 0.717) is 0 Å². The first kappa shape index (κ1) is 15.6. The molecule has 8 heteroatoms. The highest BCUT2D eigenvalue weighted by Gasteiger charge is 2.54. The summed E-state index contributed by atoms with van der Waals surface area (Å²) in [7, 11) is 0. The highest BCUT2D eigenvalue weighted by Crippen LogP contribution is 2.46. The number of rotatable bonds is 3. The first-order chi connectivity index (χ1) is 10.9. The molecule has 0 amide bonds. The molecule has 1 aliphatic heterocycles. The fraction of sp³-hybridized carbons (Fsp3) is 0.200. The minimum Gasteiger partial charge on any atom is -0.468 e. The standard InChI is InChI=1S/C15H14N2O5S/c1-9-12(23-10-5-3-2-4-6-10)15(20,21)13(22-9)17-8-7-11(18)16-14(17)19/h2-8,12-13,20-21H,1H2,(H,16,18,19)/t12-,13-/m1/s1. The maximum Gasteiger partial charge on any atom is 0.331 e. The molecular formula is C15H14N2O5S. The monoisotopic (exact) mass is 334 g/mol. The van der Waals surface area contributed by atoms with Crippen LogP contribution in [0.4, 0.5) is 0 Å². The topological polar surface area (TPSA) is 105 Å². The Hall–Kier alpha value is -2.29. The fourth-order valence-electron chi connectivity index (χ4n) is 2.32. The van der Waals surface area contributed by atoms with E-state index in [4.69, 9.17) is 4.74 Å². The average molecular weight is 334 g/mol. The molecule has 3 N–H and O–H groups in total. The van der Waals surface area contributed by atoms with Crippen LogP contribution < -0.4 is 11.2 Å². The quantitative estimate of drug-likeness (QED) is 0.703. The average Bonchev–Trinajstić information content (AvgIpc) is 2.72. The number of hydrogen-bond acceptors (Lipinski definition) is 6.